The highest BCUT2D eigenvalue weighted by Gasteiger charge is 2.02. The highest BCUT2D eigenvalue weighted by atomic mass is 35.5. The van der Waals surface area contributed by atoms with Gasteiger partial charge in [-0.05, 0) is 36.8 Å². The lowest BCUT2D eigenvalue weighted by Crippen LogP contribution is -1.96. The van der Waals surface area contributed by atoms with E-state index in [0.29, 0.717) is 6.54 Å². The summed E-state index contributed by atoms with van der Waals surface area (Å²) in [6, 6.07) is 14.5. The average Bonchev–Trinajstić information content (AvgIpc) is 2.32. The smallest absolute Gasteiger partial charge is 0.0462 e. The van der Waals surface area contributed by atoms with Crippen molar-refractivity contribution < 1.29 is 0 Å². The molecule has 0 radical (unpaired) electrons. The van der Waals surface area contributed by atoms with Crippen molar-refractivity contribution in [3.63, 3.8) is 0 Å². The summed E-state index contributed by atoms with van der Waals surface area (Å²) in [6.45, 7) is 2.57. The van der Waals surface area contributed by atoms with E-state index in [1.165, 1.54) is 10.5 Å². The van der Waals surface area contributed by atoms with E-state index in [1.807, 2.05) is 12.1 Å². The Labute approximate surface area is 111 Å². The van der Waals surface area contributed by atoms with Crippen LogP contribution >= 0.6 is 23.4 Å². The molecule has 0 aliphatic heterocycles. The Hall–Kier alpha value is -0.960. The third kappa shape index (κ3) is 3.25. The van der Waals surface area contributed by atoms with Crippen LogP contribution in [0.25, 0.3) is 0 Å². The van der Waals surface area contributed by atoms with Gasteiger partial charge in [-0.2, -0.15) is 0 Å². The van der Waals surface area contributed by atoms with Crippen molar-refractivity contribution in [2.75, 3.05) is 0 Å². The van der Waals surface area contributed by atoms with Crippen molar-refractivity contribution >= 4 is 23.4 Å². The van der Waals surface area contributed by atoms with Gasteiger partial charge in [-0.15, -0.1) is 0 Å². The van der Waals surface area contributed by atoms with E-state index < -0.39 is 0 Å². The lowest BCUT2D eigenvalue weighted by molar-refractivity contribution is 1.07. The van der Waals surface area contributed by atoms with Gasteiger partial charge in [0.25, 0.3) is 0 Å². The number of benzene rings is 2. The molecule has 0 saturated heterocycles. The Kier molecular flexibility index (Phi) is 4.11. The summed E-state index contributed by atoms with van der Waals surface area (Å²) in [4.78, 5) is 2.35. The van der Waals surface area contributed by atoms with E-state index in [0.717, 1.165) is 15.5 Å². The Morgan fingerprint density at radius 2 is 1.71 bits per heavy atom. The Bertz CT molecular complexity index is 508. The molecule has 0 aliphatic carbocycles. The summed E-state index contributed by atoms with van der Waals surface area (Å²) in [5.74, 6) is 0. The van der Waals surface area contributed by atoms with Crippen LogP contribution in [0.15, 0.2) is 52.3 Å². The van der Waals surface area contributed by atoms with Crippen LogP contribution in [0.4, 0.5) is 0 Å². The van der Waals surface area contributed by atoms with Crippen molar-refractivity contribution in [3.05, 3.63) is 58.6 Å². The largest absolute Gasteiger partial charge is 0.326 e. The fraction of sp³-hybridized carbons (Fsp3) is 0.143. The Morgan fingerprint density at radius 3 is 2.29 bits per heavy atom. The van der Waals surface area contributed by atoms with Crippen LogP contribution in [0.2, 0.25) is 5.02 Å². The molecule has 2 rings (SSSR count). The lowest BCUT2D eigenvalue weighted by atomic mass is 10.2. The van der Waals surface area contributed by atoms with Crippen LogP contribution in [0.5, 0.6) is 0 Å². The zero-order chi connectivity index (χ0) is 12.3. The van der Waals surface area contributed by atoms with Gasteiger partial charge in [0.15, 0.2) is 0 Å². The van der Waals surface area contributed by atoms with Gasteiger partial charge in [0.05, 0.1) is 0 Å². The summed E-state index contributed by atoms with van der Waals surface area (Å²) in [7, 11) is 0. The minimum Gasteiger partial charge on any atom is -0.326 e. The second kappa shape index (κ2) is 5.58. The molecule has 88 valence electrons. The summed E-state index contributed by atoms with van der Waals surface area (Å²) in [5, 5.41) is 0.740. The SMILES string of the molecule is Cc1ccc(Sc2ccc(CN)c(Cl)c2)cc1. The van der Waals surface area contributed by atoms with Gasteiger partial charge < -0.3 is 5.73 Å². The number of hydrogen-bond donors (Lipinski definition) is 1. The van der Waals surface area contributed by atoms with Crippen LogP contribution in [-0.4, -0.2) is 0 Å². The van der Waals surface area contributed by atoms with Crippen molar-refractivity contribution in [3.8, 4) is 0 Å². The maximum Gasteiger partial charge on any atom is 0.0462 e. The molecule has 0 heterocycles. The number of rotatable bonds is 3. The molecule has 0 spiro atoms. The molecule has 1 nitrogen and oxygen atoms in total. The summed E-state index contributed by atoms with van der Waals surface area (Å²) in [5.41, 5.74) is 7.83. The maximum absolute atomic E-state index is 6.13. The fourth-order valence-corrected chi connectivity index (χ4v) is 2.68. The fourth-order valence-electron chi connectivity index (χ4n) is 1.50. The van der Waals surface area contributed by atoms with Gasteiger partial charge in [0, 0.05) is 21.4 Å². The number of nitrogens with two attached hydrogens (primary N) is 1. The molecular formula is C14H14ClNS. The molecule has 0 unspecified atom stereocenters. The number of aryl methyl sites for hydroxylation is 1. The van der Waals surface area contributed by atoms with Crippen LogP contribution in [0.1, 0.15) is 11.1 Å². The molecule has 0 saturated carbocycles. The van der Waals surface area contributed by atoms with E-state index in [-0.39, 0.29) is 0 Å². The lowest BCUT2D eigenvalue weighted by Gasteiger charge is -2.05. The van der Waals surface area contributed by atoms with Gasteiger partial charge in [0.1, 0.15) is 0 Å². The minimum atomic E-state index is 0.480. The number of halogens is 1. The van der Waals surface area contributed by atoms with Crippen molar-refractivity contribution in [1.29, 1.82) is 0 Å². The van der Waals surface area contributed by atoms with Crippen molar-refractivity contribution in [2.45, 2.75) is 23.3 Å². The molecule has 2 aromatic carbocycles. The Balaban J connectivity index is 2.19. The minimum absolute atomic E-state index is 0.480. The van der Waals surface area contributed by atoms with Crippen LogP contribution < -0.4 is 5.73 Å². The molecule has 2 N–H and O–H groups in total. The molecule has 0 bridgehead atoms. The van der Waals surface area contributed by atoms with Crippen molar-refractivity contribution in [1.82, 2.24) is 0 Å². The van der Waals surface area contributed by atoms with E-state index in [1.54, 1.807) is 11.8 Å². The summed E-state index contributed by atoms with van der Waals surface area (Å²) in [6.07, 6.45) is 0. The standard InChI is InChI=1S/C14H14ClNS/c1-10-2-5-12(6-3-10)17-13-7-4-11(9-16)14(15)8-13/h2-8H,9,16H2,1H3. The van der Waals surface area contributed by atoms with Gasteiger partial charge in [0.2, 0.25) is 0 Å². The van der Waals surface area contributed by atoms with Gasteiger partial charge in [-0.25, -0.2) is 0 Å². The molecule has 0 aromatic heterocycles. The average molecular weight is 264 g/mol. The van der Waals surface area contributed by atoms with Crippen LogP contribution in [0, 0.1) is 6.92 Å². The van der Waals surface area contributed by atoms with Gasteiger partial charge in [-0.3, -0.25) is 0 Å². The first-order valence-electron chi connectivity index (χ1n) is 5.42. The van der Waals surface area contributed by atoms with E-state index in [9.17, 15) is 0 Å². The zero-order valence-electron chi connectivity index (χ0n) is 9.61. The van der Waals surface area contributed by atoms with Crippen LogP contribution in [0.3, 0.4) is 0 Å². The van der Waals surface area contributed by atoms with Gasteiger partial charge in [-0.1, -0.05) is 47.1 Å². The summed E-state index contributed by atoms with van der Waals surface area (Å²) < 4.78 is 0. The van der Waals surface area contributed by atoms with E-state index in [4.69, 9.17) is 17.3 Å². The summed E-state index contributed by atoms with van der Waals surface area (Å²) >= 11 is 7.83. The van der Waals surface area contributed by atoms with E-state index in [2.05, 4.69) is 37.3 Å². The molecule has 0 amide bonds. The molecular weight excluding hydrogens is 250 g/mol. The zero-order valence-corrected chi connectivity index (χ0v) is 11.2. The molecule has 0 atom stereocenters. The van der Waals surface area contributed by atoms with Crippen molar-refractivity contribution in [2.24, 2.45) is 5.73 Å². The predicted molar refractivity (Wildman–Crippen MR) is 74.6 cm³/mol. The molecule has 2 aromatic rings. The van der Waals surface area contributed by atoms with Crippen LogP contribution in [-0.2, 0) is 6.54 Å². The molecule has 3 heteroatoms. The second-order valence-electron chi connectivity index (χ2n) is 3.87. The highest BCUT2D eigenvalue weighted by Crippen LogP contribution is 2.30. The monoisotopic (exact) mass is 263 g/mol. The Morgan fingerprint density at radius 1 is 1.06 bits per heavy atom. The first kappa shape index (κ1) is 12.5. The topological polar surface area (TPSA) is 26.0 Å². The second-order valence-corrected chi connectivity index (χ2v) is 5.43. The van der Waals surface area contributed by atoms with E-state index >= 15 is 0 Å². The van der Waals surface area contributed by atoms with Gasteiger partial charge >= 0.3 is 0 Å². The molecule has 0 fully saturated rings. The third-order valence-corrected chi connectivity index (χ3v) is 3.85. The first-order chi connectivity index (χ1) is 8.19. The quantitative estimate of drug-likeness (QED) is 0.896. The maximum atomic E-state index is 6.13. The normalized spacial score (nSPS) is 10.5. The molecule has 17 heavy (non-hydrogen) atoms. The molecule has 0 aliphatic rings. The highest BCUT2D eigenvalue weighted by molar-refractivity contribution is 7.99. The predicted octanol–water partition coefficient (Wildman–Crippen LogP) is 4.26. The third-order valence-electron chi connectivity index (χ3n) is 2.50. The first-order valence-corrected chi connectivity index (χ1v) is 6.61. The number of hydrogen-bond acceptors (Lipinski definition) is 2.